The molecule has 9 heteroatoms. The molecule has 6 rings (SSSR count). The van der Waals surface area contributed by atoms with E-state index in [-0.39, 0.29) is 32.0 Å². The second-order valence-corrected chi connectivity index (χ2v) is 12.6. The third kappa shape index (κ3) is 8.29. The summed E-state index contributed by atoms with van der Waals surface area (Å²) >= 11 is 0. The maximum atomic E-state index is 14.4. The van der Waals surface area contributed by atoms with Gasteiger partial charge in [0.1, 0.15) is 19.0 Å². The second kappa shape index (κ2) is 16.1. The van der Waals surface area contributed by atoms with Gasteiger partial charge in [0.2, 0.25) is 5.91 Å². The first-order valence-electron chi connectivity index (χ1n) is 16.8. The van der Waals surface area contributed by atoms with Crippen LogP contribution in [0.4, 0.5) is 9.59 Å². The number of rotatable bonds is 13. The van der Waals surface area contributed by atoms with Gasteiger partial charge < -0.3 is 14.2 Å². The van der Waals surface area contributed by atoms with E-state index in [9.17, 15) is 19.2 Å². The van der Waals surface area contributed by atoms with Crippen LogP contribution in [0.25, 0.3) is 0 Å². The Morgan fingerprint density at radius 3 is 1.74 bits per heavy atom. The zero-order valence-electron chi connectivity index (χ0n) is 28.0. The number of allylic oxidation sites excluding steroid dienone is 1. The van der Waals surface area contributed by atoms with Crippen LogP contribution in [0, 0.1) is 5.92 Å². The Labute approximate surface area is 292 Å². The van der Waals surface area contributed by atoms with Crippen molar-refractivity contribution in [2.75, 3.05) is 20.3 Å². The van der Waals surface area contributed by atoms with E-state index in [0.717, 1.165) is 22.3 Å². The van der Waals surface area contributed by atoms with Crippen LogP contribution in [-0.2, 0) is 44.7 Å². The second-order valence-electron chi connectivity index (χ2n) is 12.6. The predicted molar refractivity (Wildman–Crippen MR) is 187 cm³/mol. The van der Waals surface area contributed by atoms with Gasteiger partial charge in [-0.15, -0.1) is 0 Å². The first-order valence-corrected chi connectivity index (χ1v) is 16.8. The van der Waals surface area contributed by atoms with E-state index >= 15 is 0 Å². The minimum absolute atomic E-state index is 0.0876. The number of ether oxygens (including phenoxy) is 3. The van der Waals surface area contributed by atoms with E-state index in [4.69, 9.17) is 14.2 Å². The third-order valence-corrected chi connectivity index (χ3v) is 9.16. The number of hydrogen-bond donors (Lipinski definition) is 0. The van der Waals surface area contributed by atoms with Crippen LogP contribution in [-0.4, -0.2) is 66.2 Å². The van der Waals surface area contributed by atoms with Gasteiger partial charge in [-0.25, -0.2) is 19.4 Å². The molecule has 2 aliphatic heterocycles. The van der Waals surface area contributed by atoms with E-state index in [1.165, 1.54) is 9.80 Å². The molecular weight excluding hydrogens is 632 g/mol. The molecule has 2 aliphatic rings. The predicted octanol–water partition coefficient (Wildman–Crippen LogP) is 6.59. The molecule has 3 atom stereocenters. The summed E-state index contributed by atoms with van der Waals surface area (Å²) in [4.78, 5) is 57.3. The summed E-state index contributed by atoms with van der Waals surface area (Å²) in [6.45, 7) is 0.193. The Bertz CT molecular complexity index is 1810. The van der Waals surface area contributed by atoms with Crippen LogP contribution in [0.5, 0.6) is 5.75 Å². The molecule has 0 aromatic heterocycles. The van der Waals surface area contributed by atoms with Gasteiger partial charge >= 0.3 is 12.2 Å². The first-order chi connectivity index (χ1) is 24.4. The molecule has 0 radical (unpaired) electrons. The van der Waals surface area contributed by atoms with Crippen molar-refractivity contribution in [3.8, 4) is 5.75 Å². The summed E-state index contributed by atoms with van der Waals surface area (Å²) in [6.07, 6.45) is 1.99. The molecule has 0 spiro atoms. The van der Waals surface area contributed by atoms with Crippen molar-refractivity contribution in [2.24, 2.45) is 5.92 Å². The van der Waals surface area contributed by atoms with Crippen LogP contribution in [0.1, 0.15) is 28.7 Å². The number of cyclic esters (lactones) is 2. The normalized spacial score (nSPS) is 18.1. The van der Waals surface area contributed by atoms with Crippen LogP contribution in [0.15, 0.2) is 127 Å². The summed E-state index contributed by atoms with van der Waals surface area (Å²) in [7, 11) is 1.58. The first kappa shape index (κ1) is 34.2. The van der Waals surface area contributed by atoms with Gasteiger partial charge in [0.15, 0.2) is 0 Å². The molecule has 256 valence electrons. The summed E-state index contributed by atoms with van der Waals surface area (Å²) in [5.74, 6) is -0.858. The van der Waals surface area contributed by atoms with Crippen LogP contribution >= 0.6 is 0 Å². The van der Waals surface area contributed by atoms with Crippen molar-refractivity contribution in [3.05, 3.63) is 149 Å². The lowest BCUT2D eigenvalue weighted by Crippen LogP contribution is -2.44. The Hall–Kier alpha value is -5.70. The van der Waals surface area contributed by atoms with Crippen molar-refractivity contribution in [1.29, 1.82) is 0 Å². The number of nitrogens with zero attached hydrogens (tertiary/aromatic N) is 2. The molecule has 4 amide bonds. The maximum absolute atomic E-state index is 14.4. The van der Waals surface area contributed by atoms with Gasteiger partial charge in [-0.1, -0.05) is 109 Å². The van der Waals surface area contributed by atoms with Crippen molar-refractivity contribution in [2.45, 2.75) is 44.2 Å². The van der Waals surface area contributed by atoms with Gasteiger partial charge in [0.05, 0.1) is 19.2 Å². The molecule has 0 saturated carbocycles. The lowest BCUT2D eigenvalue weighted by Gasteiger charge is -2.25. The minimum Gasteiger partial charge on any atom is -0.497 e. The SMILES string of the molecule is COc1ccc(CC(=CC[C@H](Cc2ccccc2)C(=O)N2C(=O)OC[C@@H]2Cc2ccccc2)C(=O)N2C(=O)OC[C@@H]2Cc2ccccc2)cc1. The standard InChI is InChI=1S/C41H40N2O7/c1-48-37-21-17-32(18-22-37)24-34(39(45)43-36(28-50-41(43)47)26-31-15-9-4-10-16-31)20-19-33(23-29-11-5-2-6-12-29)38(44)42-35(27-49-40(42)46)25-30-13-7-3-8-14-30/h2-18,20-22,33,35-36H,19,23-28H2,1H3/t33-,35+,36+/m1/s1. The molecule has 4 aromatic carbocycles. The van der Waals surface area contributed by atoms with Crippen LogP contribution in [0.3, 0.4) is 0 Å². The number of carbonyl (C=O) groups is 4. The Balaban J connectivity index is 1.31. The number of benzene rings is 4. The smallest absolute Gasteiger partial charge is 0.417 e. The molecule has 2 heterocycles. The van der Waals surface area contributed by atoms with E-state index in [2.05, 4.69) is 0 Å². The molecular formula is C41H40N2O7. The highest BCUT2D eigenvalue weighted by atomic mass is 16.6. The molecule has 9 nitrogen and oxygen atoms in total. The van der Waals surface area contributed by atoms with E-state index in [1.807, 2.05) is 115 Å². The fourth-order valence-electron chi connectivity index (χ4n) is 6.52. The van der Waals surface area contributed by atoms with Crippen LogP contribution in [0.2, 0.25) is 0 Å². The Morgan fingerprint density at radius 2 is 1.20 bits per heavy atom. The summed E-state index contributed by atoms with van der Waals surface area (Å²) in [5.41, 5.74) is 4.06. The zero-order chi connectivity index (χ0) is 34.9. The van der Waals surface area contributed by atoms with E-state index in [0.29, 0.717) is 30.6 Å². The van der Waals surface area contributed by atoms with Gasteiger partial charge in [-0.3, -0.25) is 9.59 Å². The van der Waals surface area contributed by atoms with Gasteiger partial charge in [0, 0.05) is 17.9 Å². The quantitative estimate of drug-likeness (QED) is 0.148. The third-order valence-electron chi connectivity index (χ3n) is 9.16. The maximum Gasteiger partial charge on any atom is 0.417 e. The molecule has 2 fully saturated rings. The van der Waals surface area contributed by atoms with Gasteiger partial charge in [-0.2, -0.15) is 0 Å². The fourth-order valence-corrected chi connectivity index (χ4v) is 6.52. The number of amides is 4. The highest BCUT2D eigenvalue weighted by Crippen LogP contribution is 2.27. The number of methoxy groups -OCH3 is 1. The zero-order valence-corrected chi connectivity index (χ0v) is 28.0. The monoisotopic (exact) mass is 672 g/mol. The number of imide groups is 2. The molecule has 0 bridgehead atoms. The van der Waals surface area contributed by atoms with Crippen molar-refractivity contribution < 1.29 is 33.4 Å². The van der Waals surface area contributed by atoms with Crippen LogP contribution < -0.4 is 4.74 Å². The lowest BCUT2D eigenvalue weighted by molar-refractivity contribution is -0.133. The van der Waals surface area contributed by atoms with E-state index < -0.39 is 36.1 Å². The minimum atomic E-state index is -0.697. The molecule has 0 N–H and O–H groups in total. The summed E-state index contributed by atoms with van der Waals surface area (Å²) in [5, 5.41) is 0. The van der Waals surface area contributed by atoms with Crippen molar-refractivity contribution in [1.82, 2.24) is 9.80 Å². The lowest BCUT2D eigenvalue weighted by atomic mass is 9.91. The average molecular weight is 673 g/mol. The number of carbonyl (C=O) groups excluding carboxylic acids is 4. The van der Waals surface area contributed by atoms with Gasteiger partial charge in [0.25, 0.3) is 5.91 Å². The molecule has 2 saturated heterocycles. The Morgan fingerprint density at radius 1 is 0.700 bits per heavy atom. The molecule has 0 unspecified atom stereocenters. The van der Waals surface area contributed by atoms with Gasteiger partial charge in [-0.05, 0) is 60.1 Å². The highest BCUT2D eigenvalue weighted by molar-refractivity contribution is 6.04. The topological polar surface area (TPSA) is 102 Å². The average Bonchev–Trinajstić information content (AvgIpc) is 3.70. The largest absolute Gasteiger partial charge is 0.497 e. The Kier molecular flexibility index (Phi) is 11.0. The summed E-state index contributed by atoms with van der Waals surface area (Å²) < 4.78 is 16.1. The molecule has 4 aromatic rings. The fraction of sp³-hybridized carbons (Fsp3) is 0.268. The molecule has 50 heavy (non-hydrogen) atoms. The van der Waals surface area contributed by atoms with Crippen molar-refractivity contribution in [3.63, 3.8) is 0 Å². The highest BCUT2D eigenvalue weighted by Gasteiger charge is 2.42. The van der Waals surface area contributed by atoms with E-state index in [1.54, 1.807) is 13.2 Å². The summed E-state index contributed by atoms with van der Waals surface area (Å²) in [6, 6.07) is 35.3. The van der Waals surface area contributed by atoms with Crippen molar-refractivity contribution >= 4 is 24.0 Å². The molecule has 0 aliphatic carbocycles. The number of hydrogen-bond acceptors (Lipinski definition) is 7.